The molecule has 0 spiro atoms. The molecule has 0 aromatic carbocycles. The lowest BCUT2D eigenvalue weighted by molar-refractivity contribution is -0.134. The Kier molecular flexibility index (Phi) is 6.34. The predicted octanol–water partition coefficient (Wildman–Crippen LogP) is 4.10. The molecule has 1 aliphatic heterocycles. The summed E-state index contributed by atoms with van der Waals surface area (Å²) in [6.45, 7) is 3.41. The van der Waals surface area contributed by atoms with Crippen LogP contribution in [0, 0.1) is 6.92 Å². The van der Waals surface area contributed by atoms with Crippen LogP contribution in [0.4, 0.5) is 0 Å². The van der Waals surface area contributed by atoms with Crippen molar-refractivity contribution in [3.05, 3.63) is 69.2 Å². The van der Waals surface area contributed by atoms with Crippen LogP contribution in [0.3, 0.4) is 0 Å². The van der Waals surface area contributed by atoms with Crippen molar-refractivity contribution in [1.29, 1.82) is 0 Å². The molecule has 170 valence electrons. The number of carbonyl (C=O) groups is 1. The summed E-state index contributed by atoms with van der Waals surface area (Å²) in [5.74, 6) is 0.419. The Morgan fingerprint density at radius 2 is 2.12 bits per heavy atom. The second-order valence-corrected chi connectivity index (χ2v) is 9.93. The molecule has 1 fully saturated rings. The van der Waals surface area contributed by atoms with Crippen molar-refractivity contribution in [3.63, 3.8) is 0 Å². The van der Waals surface area contributed by atoms with Crippen LogP contribution in [0.2, 0.25) is 0 Å². The zero-order valence-corrected chi connectivity index (χ0v) is 19.9. The summed E-state index contributed by atoms with van der Waals surface area (Å²) >= 11 is 3.05. The minimum Gasteiger partial charge on any atom is -0.376 e. The predicted molar refractivity (Wildman–Crippen MR) is 131 cm³/mol. The van der Waals surface area contributed by atoms with E-state index >= 15 is 0 Å². The van der Waals surface area contributed by atoms with E-state index in [-0.39, 0.29) is 24.1 Å². The number of aromatic nitrogens is 3. The summed E-state index contributed by atoms with van der Waals surface area (Å²) in [5.41, 5.74) is 1.71. The van der Waals surface area contributed by atoms with Crippen molar-refractivity contribution in [1.82, 2.24) is 19.4 Å². The van der Waals surface area contributed by atoms with Gasteiger partial charge in [0, 0.05) is 47.9 Å². The van der Waals surface area contributed by atoms with E-state index in [1.54, 1.807) is 35.6 Å². The third-order valence-corrected chi connectivity index (χ3v) is 7.66. The second-order valence-electron chi connectivity index (χ2n) is 8.12. The molecule has 4 aromatic heterocycles. The fourth-order valence-electron chi connectivity index (χ4n) is 4.16. The number of hydrogen-bond acceptors (Lipinski definition) is 7. The van der Waals surface area contributed by atoms with E-state index in [4.69, 9.17) is 4.74 Å². The Balaban J connectivity index is 1.46. The van der Waals surface area contributed by atoms with Crippen LogP contribution in [0.15, 0.2) is 52.2 Å². The van der Waals surface area contributed by atoms with Crippen LogP contribution in [-0.4, -0.2) is 44.6 Å². The molecule has 0 radical (unpaired) electrons. The highest BCUT2D eigenvalue weighted by molar-refractivity contribution is 7.18. The van der Waals surface area contributed by atoms with E-state index in [9.17, 15) is 9.59 Å². The first-order valence-electron chi connectivity index (χ1n) is 10.9. The summed E-state index contributed by atoms with van der Waals surface area (Å²) in [4.78, 5) is 39.2. The van der Waals surface area contributed by atoms with E-state index in [0.29, 0.717) is 29.1 Å². The van der Waals surface area contributed by atoms with Crippen LogP contribution >= 0.6 is 22.7 Å². The van der Waals surface area contributed by atoms with Crippen molar-refractivity contribution < 1.29 is 9.53 Å². The van der Waals surface area contributed by atoms with Crippen molar-refractivity contribution in [3.8, 4) is 10.4 Å². The van der Waals surface area contributed by atoms with Gasteiger partial charge in [-0.1, -0.05) is 6.07 Å². The van der Waals surface area contributed by atoms with E-state index in [0.717, 1.165) is 35.5 Å². The zero-order valence-electron chi connectivity index (χ0n) is 18.3. The third kappa shape index (κ3) is 4.62. The summed E-state index contributed by atoms with van der Waals surface area (Å²) in [6.07, 6.45) is 5.41. The Morgan fingerprint density at radius 3 is 2.85 bits per heavy atom. The van der Waals surface area contributed by atoms with Gasteiger partial charge in [0.25, 0.3) is 5.56 Å². The smallest absolute Gasteiger partial charge is 0.263 e. The molecule has 0 bridgehead atoms. The first-order valence-corrected chi connectivity index (χ1v) is 12.7. The van der Waals surface area contributed by atoms with Gasteiger partial charge in [0.1, 0.15) is 17.2 Å². The molecular formula is C24H24N4O3S2. The molecule has 1 amide bonds. The quantitative estimate of drug-likeness (QED) is 0.398. The lowest BCUT2D eigenvalue weighted by atomic mass is 10.2. The Bertz CT molecular complexity index is 1310. The number of nitrogens with zero attached hydrogens (tertiary/aromatic N) is 4. The summed E-state index contributed by atoms with van der Waals surface area (Å²) in [7, 11) is 0. The first-order chi connectivity index (χ1) is 16.1. The largest absolute Gasteiger partial charge is 0.376 e. The molecule has 0 N–H and O–H groups in total. The number of fused-ring (bicyclic) bond motifs is 1. The average molecular weight is 481 g/mol. The van der Waals surface area contributed by atoms with E-state index in [1.807, 2.05) is 35.0 Å². The highest BCUT2D eigenvalue weighted by Gasteiger charge is 2.24. The average Bonchev–Trinajstić information content (AvgIpc) is 3.58. The van der Waals surface area contributed by atoms with Gasteiger partial charge in [-0.15, -0.1) is 22.7 Å². The van der Waals surface area contributed by atoms with Gasteiger partial charge in [-0.3, -0.25) is 19.1 Å². The van der Waals surface area contributed by atoms with E-state index in [2.05, 4.69) is 9.97 Å². The normalized spacial score (nSPS) is 15.8. The minimum atomic E-state index is -0.170. The number of rotatable bonds is 7. The standard InChI is InChI=1S/C24H24N4O3S2/c1-16-26-23-22(19(15-33-23)20-5-3-11-32-20)24(30)28(16)14-21(29)27(13-18-4-2-10-31-18)12-17-6-8-25-9-7-17/h3,5-9,11,15,18H,2,4,10,12-14H2,1H3. The van der Waals surface area contributed by atoms with Crippen molar-refractivity contribution in [2.75, 3.05) is 13.2 Å². The van der Waals surface area contributed by atoms with Gasteiger partial charge in [0.2, 0.25) is 5.91 Å². The highest BCUT2D eigenvalue weighted by atomic mass is 32.1. The van der Waals surface area contributed by atoms with Crippen LogP contribution < -0.4 is 5.56 Å². The van der Waals surface area contributed by atoms with Crippen LogP contribution in [-0.2, 0) is 22.6 Å². The number of thiophene rings is 2. The number of pyridine rings is 1. The number of aryl methyl sites for hydroxylation is 1. The molecule has 1 saturated heterocycles. The fourth-order valence-corrected chi connectivity index (χ4v) is 5.96. The summed E-state index contributed by atoms with van der Waals surface area (Å²) in [5, 5.41) is 4.55. The molecule has 1 atom stereocenters. The van der Waals surface area contributed by atoms with Crippen LogP contribution in [0.1, 0.15) is 24.2 Å². The fraction of sp³-hybridized carbons (Fsp3) is 0.333. The molecule has 9 heteroatoms. The minimum absolute atomic E-state index is 0.0246. The Labute approximate surface area is 199 Å². The van der Waals surface area contributed by atoms with E-state index < -0.39 is 0 Å². The summed E-state index contributed by atoms with van der Waals surface area (Å²) < 4.78 is 7.29. The molecule has 0 aliphatic carbocycles. The molecule has 0 saturated carbocycles. The van der Waals surface area contributed by atoms with Crippen LogP contribution in [0.5, 0.6) is 0 Å². The molecule has 1 aliphatic rings. The number of carbonyl (C=O) groups excluding carboxylic acids is 1. The van der Waals surface area contributed by atoms with Crippen molar-refractivity contribution >= 4 is 38.8 Å². The van der Waals surface area contributed by atoms with Gasteiger partial charge in [0.15, 0.2) is 0 Å². The van der Waals surface area contributed by atoms with Gasteiger partial charge in [0.05, 0.1) is 11.5 Å². The molecule has 4 aromatic rings. The monoisotopic (exact) mass is 480 g/mol. The molecule has 5 heterocycles. The molecule has 7 nitrogen and oxygen atoms in total. The first kappa shape index (κ1) is 21.9. The highest BCUT2D eigenvalue weighted by Crippen LogP contribution is 2.33. The number of hydrogen-bond donors (Lipinski definition) is 0. The topological polar surface area (TPSA) is 77.3 Å². The number of amides is 1. The van der Waals surface area contributed by atoms with Gasteiger partial charge in [-0.25, -0.2) is 4.98 Å². The molecule has 5 rings (SSSR count). The lowest BCUT2D eigenvalue weighted by Gasteiger charge is -2.26. The van der Waals surface area contributed by atoms with Crippen molar-refractivity contribution in [2.24, 2.45) is 0 Å². The lowest BCUT2D eigenvalue weighted by Crippen LogP contribution is -2.41. The third-order valence-electron chi connectivity index (χ3n) is 5.89. The number of ether oxygens (including phenoxy) is 1. The van der Waals surface area contributed by atoms with Gasteiger partial charge in [-0.05, 0) is 48.9 Å². The molecular weight excluding hydrogens is 456 g/mol. The molecule has 33 heavy (non-hydrogen) atoms. The van der Waals surface area contributed by atoms with Gasteiger partial charge in [-0.2, -0.15) is 0 Å². The van der Waals surface area contributed by atoms with E-state index in [1.165, 1.54) is 15.9 Å². The summed E-state index contributed by atoms with van der Waals surface area (Å²) in [6, 6.07) is 7.77. The van der Waals surface area contributed by atoms with Crippen molar-refractivity contribution in [2.45, 2.75) is 39.0 Å². The SMILES string of the molecule is Cc1nc2scc(-c3cccs3)c2c(=O)n1CC(=O)N(Cc1ccncc1)CC1CCCO1. The van der Waals surface area contributed by atoms with Gasteiger partial charge < -0.3 is 9.64 Å². The maximum atomic E-state index is 13.5. The maximum Gasteiger partial charge on any atom is 0.263 e. The zero-order chi connectivity index (χ0) is 22.8. The van der Waals surface area contributed by atoms with Crippen LogP contribution in [0.25, 0.3) is 20.7 Å². The Hall–Kier alpha value is -2.88. The Morgan fingerprint density at radius 1 is 1.27 bits per heavy atom. The second kappa shape index (κ2) is 9.54. The van der Waals surface area contributed by atoms with Gasteiger partial charge >= 0.3 is 0 Å². The molecule has 1 unspecified atom stereocenters. The maximum absolute atomic E-state index is 13.5.